The summed E-state index contributed by atoms with van der Waals surface area (Å²) in [7, 11) is 1.68. The van der Waals surface area contributed by atoms with Crippen LogP contribution in [0.25, 0.3) is 21.8 Å². The van der Waals surface area contributed by atoms with Gasteiger partial charge in [-0.2, -0.15) is 4.98 Å². The van der Waals surface area contributed by atoms with Gasteiger partial charge in [-0.1, -0.05) is 24.3 Å². The second-order valence-corrected chi connectivity index (χ2v) is 7.99. The van der Waals surface area contributed by atoms with Crippen LogP contribution in [0.15, 0.2) is 60.9 Å². The lowest BCUT2D eigenvalue weighted by molar-refractivity contribution is -0.118. The van der Waals surface area contributed by atoms with Crippen molar-refractivity contribution in [2.75, 3.05) is 25.6 Å². The zero-order chi connectivity index (χ0) is 23.3. The molecule has 5 rings (SSSR count). The van der Waals surface area contributed by atoms with E-state index in [0.29, 0.717) is 24.6 Å². The maximum Gasteiger partial charge on any atom is 0.264 e. The Labute approximate surface area is 196 Å². The number of aromatic nitrogens is 5. The molecule has 0 aliphatic rings. The van der Waals surface area contributed by atoms with Crippen LogP contribution in [0.3, 0.4) is 0 Å². The maximum atomic E-state index is 12.4. The average Bonchev–Trinajstić information content (AvgIpc) is 3.59. The third kappa shape index (κ3) is 4.65. The van der Waals surface area contributed by atoms with Crippen molar-refractivity contribution in [3.05, 3.63) is 72.3 Å². The van der Waals surface area contributed by atoms with E-state index in [1.807, 2.05) is 48.8 Å². The molecule has 1 amide bonds. The van der Waals surface area contributed by atoms with Gasteiger partial charge >= 0.3 is 0 Å². The molecular formula is C25H26N6O3. The van der Waals surface area contributed by atoms with Crippen LogP contribution in [-0.2, 0) is 28.9 Å². The highest BCUT2D eigenvalue weighted by atomic mass is 16.5. The van der Waals surface area contributed by atoms with Crippen LogP contribution in [0.1, 0.15) is 11.4 Å². The number of hydrogen-bond donors (Lipinski definition) is 3. The monoisotopic (exact) mass is 458 g/mol. The zero-order valence-corrected chi connectivity index (χ0v) is 18.9. The topological polar surface area (TPSA) is 110 Å². The molecule has 0 unspecified atom stereocenters. The van der Waals surface area contributed by atoms with Gasteiger partial charge < -0.3 is 19.0 Å². The Bertz CT molecular complexity index is 1420. The number of nitrogens with one attached hydrogen (secondary N) is 3. The highest BCUT2D eigenvalue weighted by molar-refractivity contribution is 5.91. The molecule has 9 nitrogen and oxygen atoms in total. The van der Waals surface area contributed by atoms with Gasteiger partial charge in [0.15, 0.2) is 6.61 Å². The van der Waals surface area contributed by atoms with Crippen LogP contribution in [0.2, 0.25) is 0 Å². The summed E-state index contributed by atoms with van der Waals surface area (Å²) in [5.41, 5.74) is 3.37. The van der Waals surface area contributed by atoms with Crippen LogP contribution in [-0.4, -0.2) is 51.0 Å². The van der Waals surface area contributed by atoms with E-state index in [1.165, 1.54) is 10.9 Å². The van der Waals surface area contributed by atoms with Crippen molar-refractivity contribution in [1.82, 2.24) is 24.7 Å². The number of carbonyl (C=O) groups is 1. The van der Waals surface area contributed by atoms with Gasteiger partial charge in [0, 0.05) is 48.8 Å². The van der Waals surface area contributed by atoms with Gasteiger partial charge in [0.25, 0.3) is 5.91 Å². The summed E-state index contributed by atoms with van der Waals surface area (Å²) in [6.07, 6.45) is 5.50. The molecule has 0 aliphatic heterocycles. The minimum absolute atomic E-state index is 0.137. The van der Waals surface area contributed by atoms with Crippen molar-refractivity contribution in [2.24, 2.45) is 0 Å². The molecule has 0 aliphatic carbocycles. The summed E-state index contributed by atoms with van der Waals surface area (Å²) in [5.74, 6) is 1.28. The molecule has 0 fully saturated rings. The standard InChI is InChI=1S/C25H26N6O3/c1-33-14-13-31-12-11-19-21(31)7-4-8-22(19)34-16-24(32)28-25-27-23(29-30-25)10-9-17-15-26-20-6-3-2-5-18(17)20/h2-8,11-12,15,26H,9-10,13-14,16H2,1H3,(H2,27,28,29,30,32). The molecule has 0 saturated carbocycles. The van der Waals surface area contributed by atoms with E-state index in [2.05, 4.69) is 42.2 Å². The van der Waals surface area contributed by atoms with Gasteiger partial charge in [0.2, 0.25) is 5.95 Å². The highest BCUT2D eigenvalue weighted by Crippen LogP contribution is 2.26. The molecule has 174 valence electrons. The predicted octanol–water partition coefficient (Wildman–Crippen LogP) is 3.69. The Morgan fingerprint density at radius 2 is 2.00 bits per heavy atom. The van der Waals surface area contributed by atoms with Crippen molar-refractivity contribution < 1.29 is 14.3 Å². The summed E-state index contributed by atoms with van der Waals surface area (Å²) in [6.45, 7) is 1.23. The van der Waals surface area contributed by atoms with E-state index < -0.39 is 0 Å². The SMILES string of the molecule is COCCn1ccc2c(OCC(=O)Nc3n[nH]c(CCc4c[nH]c5ccccc45)n3)cccc21. The summed E-state index contributed by atoms with van der Waals surface area (Å²) in [5, 5.41) is 11.9. The third-order valence-corrected chi connectivity index (χ3v) is 5.76. The van der Waals surface area contributed by atoms with Crippen LogP contribution in [0.5, 0.6) is 5.75 Å². The smallest absolute Gasteiger partial charge is 0.264 e. The number of hydrogen-bond acceptors (Lipinski definition) is 5. The predicted molar refractivity (Wildman–Crippen MR) is 130 cm³/mol. The van der Waals surface area contributed by atoms with Gasteiger partial charge in [0.05, 0.1) is 12.1 Å². The fourth-order valence-electron chi connectivity index (χ4n) is 4.06. The number of carbonyl (C=O) groups excluding carboxylic acids is 1. The lowest BCUT2D eigenvalue weighted by Gasteiger charge is -2.08. The molecule has 0 atom stereocenters. The van der Waals surface area contributed by atoms with E-state index in [9.17, 15) is 4.79 Å². The van der Waals surface area contributed by atoms with Crippen LogP contribution in [0.4, 0.5) is 5.95 Å². The minimum Gasteiger partial charge on any atom is -0.483 e. The van der Waals surface area contributed by atoms with Gasteiger partial charge in [0.1, 0.15) is 11.6 Å². The number of rotatable bonds is 10. The number of fused-ring (bicyclic) bond motifs is 2. The maximum absolute atomic E-state index is 12.4. The first-order chi connectivity index (χ1) is 16.7. The molecule has 3 heterocycles. The van der Waals surface area contributed by atoms with Gasteiger partial charge in [-0.3, -0.25) is 15.2 Å². The number of para-hydroxylation sites is 1. The average molecular weight is 459 g/mol. The Balaban J connectivity index is 1.16. The highest BCUT2D eigenvalue weighted by Gasteiger charge is 2.12. The lowest BCUT2D eigenvalue weighted by atomic mass is 10.1. The van der Waals surface area contributed by atoms with Crippen LogP contribution < -0.4 is 10.1 Å². The Hall–Kier alpha value is -4.11. The number of nitrogens with zero attached hydrogens (tertiary/aromatic N) is 3. The Morgan fingerprint density at radius 3 is 2.91 bits per heavy atom. The lowest BCUT2D eigenvalue weighted by Crippen LogP contribution is -2.21. The summed E-state index contributed by atoms with van der Waals surface area (Å²) >= 11 is 0. The number of ether oxygens (including phenoxy) is 2. The fourth-order valence-corrected chi connectivity index (χ4v) is 4.06. The van der Waals surface area contributed by atoms with Crippen molar-refractivity contribution in [3.63, 3.8) is 0 Å². The number of amides is 1. The van der Waals surface area contributed by atoms with Gasteiger partial charge in [-0.05, 0) is 36.2 Å². The molecule has 0 radical (unpaired) electrons. The van der Waals surface area contributed by atoms with Crippen LogP contribution >= 0.6 is 0 Å². The number of aromatic amines is 2. The number of anilines is 1. The quantitative estimate of drug-likeness (QED) is 0.296. The third-order valence-electron chi connectivity index (χ3n) is 5.76. The zero-order valence-electron chi connectivity index (χ0n) is 18.9. The molecule has 2 aromatic carbocycles. The molecule has 0 spiro atoms. The van der Waals surface area contributed by atoms with Crippen LogP contribution in [0, 0.1) is 0 Å². The van der Waals surface area contributed by atoms with E-state index in [-0.39, 0.29) is 18.5 Å². The summed E-state index contributed by atoms with van der Waals surface area (Å²) < 4.78 is 13.0. The second kappa shape index (κ2) is 9.80. The largest absolute Gasteiger partial charge is 0.483 e. The molecular weight excluding hydrogens is 432 g/mol. The molecule has 5 aromatic rings. The minimum atomic E-state index is -0.321. The van der Waals surface area contributed by atoms with E-state index in [0.717, 1.165) is 29.4 Å². The Morgan fingerprint density at radius 1 is 1.09 bits per heavy atom. The molecule has 9 heteroatoms. The first-order valence-corrected chi connectivity index (χ1v) is 11.2. The van der Waals surface area contributed by atoms with E-state index in [4.69, 9.17) is 9.47 Å². The summed E-state index contributed by atoms with van der Waals surface area (Å²) in [6, 6.07) is 16.0. The number of benzene rings is 2. The van der Waals surface area contributed by atoms with Gasteiger partial charge in [-0.15, -0.1) is 5.10 Å². The van der Waals surface area contributed by atoms with E-state index in [1.54, 1.807) is 7.11 Å². The first kappa shape index (κ1) is 21.7. The second-order valence-electron chi connectivity index (χ2n) is 7.99. The number of H-pyrrole nitrogens is 2. The van der Waals surface area contributed by atoms with Gasteiger partial charge in [-0.25, -0.2) is 0 Å². The first-order valence-electron chi connectivity index (χ1n) is 11.2. The fraction of sp³-hybridized carbons (Fsp3) is 0.240. The van der Waals surface area contributed by atoms with Crippen molar-refractivity contribution >= 4 is 33.7 Å². The molecule has 0 bridgehead atoms. The number of methoxy groups -OCH3 is 1. The normalized spacial score (nSPS) is 11.3. The molecule has 3 aromatic heterocycles. The summed E-state index contributed by atoms with van der Waals surface area (Å²) in [4.78, 5) is 20.1. The Kier molecular flexibility index (Phi) is 6.26. The van der Waals surface area contributed by atoms with Crippen molar-refractivity contribution in [3.8, 4) is 5.75 Å². The molecule has 3 N–H and O–H groups in total. The number of aryl methyl sites for hydroxylation is 2. The molecule has 34 heavy (non-hydrogen) atoms. The molecule has 0 saturated heterocycles. The van der Waals surface area contributed by atoms with E-state index >= 15 is 0 Å². The van der Waals surface area contributed by atoms with Crippen molar-refractivity contribution in [2.45, 2.75) is 19.4 Å². The van der Waals surface area contributed by atoms with Crippen molar-refractivity contribution in [1.29, 1.82) is 0 Å².